The van der Waals surface area contributed by atoms with E-state index >= 15 is 0 Å². The van der Waals surface area contributed by atoms with Gasteiger partial charge in [0.25, 0.3) is 5.91 Å². The summed E-state index contributed by atoms with van der Waals surface area (Å²) in [6.07, 6.45) is -0.538. The predicted octanol–water partition coefficient (Wildman–Crippen LogP) is 0.721. The maximum atomic E-state index is 13.7. The van der Waals surface area contributed by atoms with Gasteiger partial charge < -0.3 is 62.5 Å². The van der Waals surface area contributed by atoms with Gasteiger partial charge in [0.1, 0.15) is 39.9 Å². The molecule has 0 bridgehead atoms. The predicted molar refractivity (Wildman–Crippen MR) is 230 cm³/mol. The first-order chi connectivity index (χ1) is 30.4. The van der Waals surface area contributed by atoms with Crippen molar-refractivity contribution in [2.24, 2.45) is 35.1 Å². The molecule has 20 nitrogen and oxygen atoms in total. The van der Waals surface area contributed by atoms with Crippen LogP contribution in [-0.2, 0) is 35.2 Å². The Kier molecular flexibility index (Phi) is 11.2. The van der Waals surface area contributed by atoms with E-state index in [0.717, 1.165) is 6.07 Å². The molecular formula is C44H46Cl2N4O16. The van der Waals surface area contributed by atoms with Crippen molar-refractivity contribution < 1.29 is 79.8 Å². The lowest BCUT2D eigenvalue weighted by Gasteiger charge is -2.53. The summed E-state index contributed by atoms with van der Waals surface area (Å²) in [5.41, 5.74) is -2.36. The topological polar surface area (TPSA) is 363 Å². The molecule has 0 radical (unpaired) electrons. The number of halogens is 2. The monoisotopic (exact) mass is 956 g/mol. The second-order valence-corrected chi connectivity index (χ2v) is 19.0. The summed E-state index contributed by atoms with van der Waals surface area (Å²) in [6.45, 7) is 2.67. The van der Waals surface area contributed by atoms with Crippen molar-refractivity contribution in [3.05, 3.63) is 96.3 Å². The molecule has 10 atom stereocenters. The van der Waals surface area contributed by atoms with Crippen molar-refractivity contribution in [1.82, 2.24) is 9.80 Å². The number of fused-ring (bicyclic) bond motifs is 6. The number of benzene rings is 2. The zero-order chi connectivity index (χ0) is 49.6. The molecule has 2 fully saturated rings. The zero-order valence-corrected chi connectivity index (χ0v) is 37.4. The fraction of sp³-hybridized carbons (Fsp3) is 0.409. The highest BCUT2D eigenvalue weighted by Crippen LogP contribution is 2.59. The fourth-order valence-corrected chi connectivity index (χ4v) is 11.8. The van der Waals surface area contributed by atoms with E-state index in [2.05, 4.69) is 0 Å². The summed E-state index contributed by atoms with van der Waals surface area (Å²) in [4.78, 5) is 81.3. The van der Waals surface area contributed by atoms with E-state index < -0.39 is 150 Å². The van der Waals surface area contributed by atoms with Gasteiger partial charge in [-0.25, -0.2) is 0 Å². The number of aromatic hydroxyl groups is 2. The summed E-state index contributed by atoms with van der Waals surface area (Å²) >= 11 is 12.5. The molecule has 8 rings (SSSR count). The molecule has 6 aliphatic rings. The minimum atomic E-state index is -2.85. The van der Waals surface area contributed by atoms with Gasteiger partial charge in [0.05, 0.1) is 34.4 Å². The van der Waals surface area contributed by atoms with Crippen LogP contribution in [0.5, 0.6) is 11.5 Å². The Morgan fingerprint density at radius 2 is 1.12 bits per heavy atom. The SMILES string of the molecule is CN(C)[C@@H]1C(=O)/C(=C(\N)O)C(=O)[C@@]2(O)C(=O)C3=C(O)c4c(O)ccc(Cl)c4[C@@](C)(O)[C@H]3C[C@@H]12.CN(C)[C@@H]1C(O)=C(C(N)=O)C(=O)[C@@]2(O)C(O)=C3C(=O)c4c(O)ccc(Cl)c4[C@@](C)(O)[C@H]3C[C@@H]12. The largest absolute Gasteiger partial charge is 0.510 e. The lowest BCUT2D eigenvalue weighted by Crippen LogP contribution is -2.70. The quantitative estimate of drug-likeness (QED) is 0.0873. The van der Waals surface area contributed by atoms with Crippen molar-refractivity contribution in [1.29, 1.82) is 0 Å². The Labute approximate surface area is 384 Å². The number of carbonyl (C=O) groups is 6. The van der Waals surface area contributed by atoms with E-state index in [1.54, 1.807) is 0 Å². The standard InChI is InChI=1S/2C22H23ClN2O8/c2*1-21(32)7-6-8-15(25(2)3)17(28)13(20(24)31)19(30)22(8,33)18(29)11(7)16(27)12-10(26)5-4-9(23)14(12)21/h4-5,7-8,15,26,28-29,32-33H,6H2,1-3H3,(H2,24,31);4-5,7-8,15,26-27,31-33H,6,24H2,1-3H3/b;20-13-/t2*7-,8-,15-,21-,22-/m00/s1. The van der Waals surface area contributed by atoms with Crippen LogP contribution in [0.2, 0.25) is 10.0 Å². The minimum absolute atomic E-state index is 0.00293. The third kappa shape index (κ3) is 6.12. The fourth-order valence-electron chi connectivity index (χ4n) is 11.2. The maximum Gasteiger partial charge on any atom is 0.255 e. The molecule has 0 spiro atoms. The molecule has 0 unspecified atom stereocenters. The molecule has 352 valence electrons. The van der Waals surface area contributed by atoms with Crippen LogP contribution in [0.1, 0.15) is 53.7 Å². The van der Waals surface area contributed by atoms with Crippen molar-refractivity contribution in [2.45, 2.75) is 61.2 Å². The Morgan fingerprint density at radius 3 is 1.59 bits per heavy atom. The average molecular weight is 958 g/mol. The van der Waals surface area contributed by atoms with Crippen LogP contribution in [0.4, 0.5) is 0 Å². The molecule has 2 saturated carbocycles. The number of nitrogens with two attached hydrogens (primary N) is 2. The second-order valence-electron chi connectivity index (χ2n) is 18.2. The molecule has 1 amide bonds. The van der Waals surface area contributed by atoms with Gasteiger partial charge in [-0.15, -0.1) is 0 Å². The van der Waals surface area contributed by atoms with Crippen LogP contribution in [0.3, 0.4) is 0 Å². The normalized spacial score (nSPS) is 34.5. The molecule has 2 aromatic rings. The number of amides is 1. The number of nitrogens with zero attached hydrogens (tertiary/aromatic N) is 2. The molecule has 66 heavy (non-hydrogen) atoms. The molecule has 6 aliphatic carbocycles. The number of carbonyl (C=O) groups excluding carboxylic acids is 6. The number of phenolic OH excluding ortho intramolecular Hbond substituents is 2. The van der Waals surface area contributed by atoms with Crippen LogP contribution in [-0.4, -0.2) is 147 Å². The first-order valence-corrected chi connectivity index (χ1v) is 20.9. The van der Waals surface area contributed by atoms with Crippen LogP contribution >= 0.6 is 23.2 Å². The van der Waals surface area contributed by atoms with Gasteiger partial charge in [0, 0.05) is 56.0 Å². The maximum absolute atomic E-state index is 13.7. The van der Waals surface area contributed by atoms with Gasteiger partial charge in [-0.1, -0.05) is 23.2 Å². The highest BCUT2D eigenvalue weighted by Gasteiger charge is 2.69. The van der Waals surface area contributed by atoms with Crippen molar-refractivity contribution in [3.63, 3.8) is 0 Å². The van der Waals surface area contributed by atoms with Gasteiger partial charge in [-0.2, -0.15) is 0 Å². The summed E-state index contributed by atoms with van der Waals surface area (Å²) in [5, 5.41) is 109. The number of Topliss-reactive ketones (excluding diaryl/α,β-unsaturated/α-hetero) is 5. The van der Waals surface area contributed by atoms with E-state index in [1.165, 1.54) is 70.0 Å². The molecule has 0 heterocycles. The lowest BCUT2D eigenvalue weighted by atomic mass is 9.53. The Hall–Kier alpha value is -5.84. The Balaban J connectivity index is 0.000000196. The van der Waals surface area contributed by atoms with Crippen LogP contribution in [0.25, 0.3) is 5.76 Å². The van der Waals surface area contributed by atoms with Crippen LogP contribution < -0.4 is 11.5 Å². The number of aliphatic hydroxyl groups excluding tert-OH is 4. The van der Waals surface area contributed by atoms with E-state index in [1.807, 2.05) is 0 Å². The number of rotatable bonds is 3. The van der Waals surface area contributed by atoms with Gasteiger partial charge in [-0.05, 0) is 79.1 Å². The highest BCUT2D eigenvalue weighted by molar-refractivity contribution is 6.36. The summed E-state index contributed by atoms with van der Waals surface area (Å²) in [6, 6.07) is 2.53. The second kappa shape index (κ2) is 15.4. The average Bonchev–Trinajstić information content (AvgIpc) is 3.20. The Morgan fingerprint density at radius 1 is 0.667 bits per heavy atom. The number of likely N-dealkylation sites (N-methyl/N-ethyl adjacent to an activating group) is 2. The molecule has 22 heteroatoms. The van der Waals surface area contributed by atoms with Gasteiger partial charge in [-0.3, -0.25) is 38.6 Å². The van der Waals surface area contributed by atoms with Crippen molar-refractivity contribution in [3.8, 4) is 11.5 Å². The van der Waals surface area contributed by atoms with Gasteiger partial charge in [0.2, 0.25) is 17.3 Å². The van der Waals surface area contributed by atoms with E-state index in [0.29, 0.717) is 0 Å². The van der Waals surface area contributed by atoms with Gasteiger partial charge in [0.15, 0.2) is 28.7 Å². The number of phenols is 2. The molecular weight excluding hydrogens is 911 g/mol. The van der Waals surface area contributed by atoms with Crippen LogP contribution in [0.15, 0.2) is 64.0 Å². The minimum Gasteiger partial charge on any atom is -0.510 e. The first kappa shape index (κ1) is 48.1. The number of ketones is 5. The zero-order valence-electron chi connectivity index (χ0n) is 35.9. The van der Waals surface area contributed by atoms with Crippen molar-refractivity contribution in [2.75, 3.05) is 28.2 Å². The van der Waals surface area contributed by atoms with Crippen molar-refractivity contribution >= 4 is 63.8 Å². The smallest absolute Gasteiger partial charge is 0.255 e. The third-order valence-corrected chi connectivity index (χ3v) is 14.8. The van der Waals surface area contributed by atoms with Gasteiger partial charge >= 0.3 is 0 Å². The van der Waals surface area contributed by atoms with E-state index in [9.17, 15) is 79.8 Å². The first-order valence-electron chi connectivity index (χ1n) is 20.2. The summed E-state index contributed by atoms with van der Waals surface area (Å²) in [5.74, 6) is -16.7. The molecule has 0 saturated heterocycles. The number of hydrogen-bond acceptors (Lipinski definition) is 19. The molecule has 0 aliphatic heterocycles. The Bertz CT molecular complexity index is 2770. The molecule has 0 aromatic heterocycles. The van der Waals surface area contributed by atoms with E-state index in [-0.39, 0.29) is 45.1 Å². The summed E-state index contributed by atoms with van der Waals surface area (Å²) in [7, 11) is 6.00. The number of aliphatic hydroxyl groups is 8. The summed E-state index contributed by atoms with van der Waals surface area (Å²) < 4.78 is 0. The highest BCUT2D eigenvalue weighted by atomic mass is 35.5. The van der Waals surface area contributed by atoms with Crippen LogP contribution in [0, 0.1) is 23.7 Å². The van der Waals surface area contributed by atoms with E-state index in [4.69, 9.17) is 34.7 Å². The lowest BCUT2D eigenvalue weighted by molar-refractivity contribution is -0.169. The molecule has 2 aromatic carbocycles. The number of hydrogen-bond donors (Lipinski definition) is 12. The number of primary amides is 1. The third-order valence-electron chi connectivity index (χ3n) is 14.1. The molecule has 14 N–H and O–H groups in total.